The number of aryl methyl sites for hydroxylation is 2. The van der Waals surface area contributed by atoms with Gasteiger partial charge in [0.05, 0.1) is 12.4 Å². The highest BCUT2D eigenvalue weighted by Crippen LogP contribution is 2.33. The lowest BCUT2D eigenvalue weighted by atomic mass is 9.89. The molecule has 0 radical (unpaired) electrons. The van der Waals surface area contributed by atoms with Gasteiger partial charge in [-0.25, -0.2) is 12.7 Å². The Morgan fingerprint density at radius 1 is 1.15 bits per heavy atom. The largest absolute Gasteiger partial charge is 0.573 e. The van der Waals surface area contributed by atoms with Crippen molar-refractivity contribution < 1.29 is 35.9 Å². The first-order chi connectivity index (χ1) is 18.9. The summed E-state index contributed by atoms with van der Waals surface area (Å²) in [5, 5.41) is 5.92. The summed E-state index contributed by atoms with van der Waals surface area (Å²) in [6, 6.07) is 11.0. The number of aliphatic imine (C=N–C) groups is 1. The van der Waals surface area contributed by atoms with Gasteiger partial charge in [0, 0.05) is 37.5 Å². The van der Waals surface area contributed by atoms with Crippen molar-refractivity contribution in [3.8, 4) is 5.75 Å². The summed E-state index contributed by atoms with van der Waals surface area (Å²) in [6.07, 6.45) is -4.15. The van der Waals surface area contributed by atoms with Crippen molar-refractivity contribution in [2.24, 2.45) is 4.99 Å². The number of nitrogens with one attached hydrogen (secondary N) is 2. The molecule has 2 aliphatic rings. The highest BCUT2D eigenvalue weighted by Gasteiger charge is 2.47. The van der Waals surface area contributed by atoms with Gasteiger partial charge in [-0.2, -0.15) is 0 Å². The number of benzene rings is 2. The number of amidine groups is 1. The number of amides is 1. The van der Waals surface area contributed by atoms with Crippen LogP contribution in [0, 0.1) is 6.92 Å². The zero-order valence-electron chi connectivity index (χ0n) is 22.4. The second-order valence-corrected chi connectivity index (χ2v) is 11.8. The van der Waals surface area contributed by atoms with Crippen molar-refractivity contribution >= 4 is 27.5 Å². The number of piperidine rings is 1. The van der Waals surface area contributed by atoms with Gasteiger partial charge in [0.2, 0.25) is 10.0 Å². The van der Waals surface area contributed by atoms with E-state index in [1.807, 2.05) is 32.0 Å². The van der Waals surface area contributed by atoms with Crippen molar-refractivity contribution in [2.75, 3.05) is 43.9 Å². The van der Waals surface area contributed by atoms with E-state index in [1.165, 1.54) is 16.4 Å². The van der Waals surface area contributed by atoms with Crippen LogP contribution in [0.1, 0.15) is 36.5 Å². The number of carbonyl (C=O) groups excluding carboxylic acids is 1. The number of anilines is 1. The minimum absolute atomic E-state index is 0.0648. The molecule has 0 saturated carbocycles. The van der Waals surface area contributed by atoms with E-state index >= 15 is 0 Å². The number of nitrogens with zero attached hydrogens (tertiary/aromatic N) is 2. The third kappa shape index (κ3) is 7.32. The Morgan fingerprint density at radius 3 is 2.58 bits per heavy atom. The van der Waals surface area contributed by atoms with E-state index in [2.05, 4.69) is 20.4 Å². The molecular weight excluding hydrogens is 549 g/mol. The number of hydrogen-bond donors (Lipinski definition) is 2. The molecule has 2 N–H and O–H groups in total. The fourth-order valence-electron chi connectivity index (χ4n) is 4.83. The van der Waals surface area contributed by atoms with Gasteiger partial charge in [-0.1, -0.05) is 18.2 Å². The van der Waals surface area contributed by atoms with Gasteiger partial charge in [-0.15, -0.1) is 13.2 Å². The lowest BCUT2D eigenvalue weighted by molar-refractivity contribution is -0.274. The maximum atomic E-state index is 13.1. The van der Waals surface area contributed by atoms with Crippen LogP contribution >= 0.6 is 0 Å². The fraction of sp³-hybridized carbons (Fsp3) is 0.481. The predicted octanol–water partition coefficient (Wildman–Crippen LogP) is 3.63. The lowest BCUT2D eigenvalue weighted by Gasteiger charge is -2.34. The van der Waals surface area contributed by atoms with Gasteiger partial charge in [0.15, 0.2) is 0 Å². The predicted molar refractivity (Wildman–Crippen MR) is 145 cm³/mol. The highest BCUT2D eigenvalue weighted by atomic mass is 32.2. The normalized spacial score (nSPS) is 17.5. The van der Waals surface area contributed by atoms with Crippen molar-refractivity contribution in [1.29, 1.82) is 0 Å². The molecule has 9 nitrogen and oxygen atoms in total. The van der Waals surface area contributed by atoms with Gasteiger partial charge in [0.1, 0.15) is 17.1 Å². The minimum Gasteiger partial charge on any atom is -0.406 e. The van der Waals surface area contributed by atoms with E-state index in [9.17, 15) is 26.4 Å². The molecule has 2 aliphatic heterocycles. The molecule has 1 fully saturated rings. The maximum absolute atomic E-state index is 13.1. The molecule has 218 valence electrons. The molecule has 0 aromatic heterocycles. The number of ether oxygens (including phenoxy) is 2. The molecule has 2 aromatic rings. The molecule has 2 aromatic carbocycles. The number of sulfonamides is 1. The van der Waals surface area contributed by atoms with Crippen molar-refractivity contribution in [1.82, 2.24) is 9.62 Å². The summed E-state index contributed by atoms with van der Waals surface area (Å²) in [6.45, 7) is 6.06. The summed E-state index contributed by atoms with van der Waals surface area (Å²) < 4.78 is 74.7. The molecule has 40 heavy (non-hydrogen) atoms. The monoisotopic (exact) mass is 582 g/mol. The van der Waals surface area contributed by atoms with E-state index in [0.717, 1.165) is 28.9 Å². The Hall–Kier alpha value is -3.16. The third-order valence-electron chi connectivity index (χ3n) is 7.02. The van der Waals surface area contributed by atoms with Crippen LogP contribution in [-0.2, 0) is 26.0 Å². The molecule has 1 spiro atoms. The molecule has 13 heteroatoms. The number of carbonyl (C=O) groups is 1. The van der Waals surface area contributed by atoms with E-state index < -0.39 is 33.6 Å². The van der Waals surface area contributed by atoms with Crippen LogP contribution in [-0.4, -0.2) is 75.0 Å². The van der Waals surface area contributed by atoms with Crippen LogP contribution in [0.2, 0.25) is 0 Å². The number of halogens is 3. The summed E-state index contributed by atoms with van der Waals surface area (Å²) >= 11 is 0. The molecule has 0 aliphatic carbocycles. The van der Waals surface area contributed by atoms with Crippen LogP contribution < -0.4 is 15.4 Å². The second kappa shape index (κ2) is 12.1. The van der Waals surface area contributed by atoms with Crippen LogP contribution in [0.3, 0.4) is 0 Å². The first-order valence-electron chi connectivity index (χ1n) is 13.1. The van der Waals surface area contributed by atoms with E-state index in [-0.39, 0.29) is 43.1 Å². The zero-order valence-corrected chi connectivity index (χ0v) is 23.2. The number of alkyl halides is 3. The quantitative estimate of drug-likeness (QED) is 0.392. The summed E-state index contributed by atoms with van der Waals surface area (Å²) in [7, 11) is -3.58. The first kappa shape index (κ1) is 29.8. The van der Waals surface area contributed by atoms with Gasteiger partial charge in [0.25, 0.3) is 5.91 Å². The van der Waals surface area contributed by atoms with Crippen LogP contribution in [0.25, 0.3) is 0 Å². The number of rotatable bonds is 11. The standard InChI is InChI=1S/C27H33F3N4O5S/c1-3-38-15-12-31-22-8-7-20(19(2)17-22)9-16-40(36,37)34-13-10-26(11-14-34)25(35)32-24(33-26)21-5-4-6-23(18-21)39-27(28,29)30/h4-8,17-18,31H,3,9-16H2,1-2H3,(H,32,33,35). The Labute approximate surface area is 231 Å². The minimum atomic E-state index is -4.85. The Morgan fingerprint density at radius 2 is 1.90 bits per heavy atom. The highest BCUT2D eigenvalue weighted by molar-refractivity contribution is 7.89. The number of hydrogen-bond acceptors (Lipinski definition) is 7. The topological polar surface area (TPSA) is 109 Å². The summed E-state index contributed by atoms with van der Waals surface area (Å²) in [5.74, 6) is -0.746. The SMILES string of the molecule is CCOCCNc1ccc(CCS(=O)(=O)N2CCC3(CC2)N=C(c2cccc(OC(F)(F)F)c2)NC3=O)c(C)c1. The molecule has 1 amide bonds. The van der Waals surface area contributed by atoms with Crippen molar-refractivity contribution in [3.63, 3.8) is 0 Å². The van der Waals surface area contributed by atoms with Gasteiger partial charge < -0.3 is 20.1 Å². The maximum Gasteiger partial charge on any atom is 0.573 e. The molecule has 4 rings (SSSR count). The molecule has 0 bridgehead atoms. The van der Waals surface area contributed by atoms with E-state index in [1.54, 1.807) is 0 Å². The summed E-state index contributed by atoms with van der Waals surface area (Å²) in [4.78, 5) is 17.4. The van der Waals surface area contributed by atoms with Crippen LogP contribution in [0.15, 0.2) is 47.5 Å². The van der Waals surface area contributed by atoms with Crippen LogP contribution in [0.5, 0.6) is 5.75 Å². The fourth-order valence-corrected chi connectivity index (χ4v) is 6.31. The van der Waals surface area contributed by atoms with Crippen LogP contribution in [0.4, 0.5) is 18.9 Å². The third-order valence-corrected chi connectivity index (χ3v) is 8.89. The van der Waals surface area contributed by atoms with E-state index in [4.69, 9.17) is 4.74 Å². The Kier molecular flexibility index (Phi) is 9.06. The van der Waals surface area contributed by atoms with Gasteiger partial charge >= 0.3 is 6.36 Å². The molecule has 1 saturated heterocycles. The van der Waals surface area contributed by atoms with Gasteiger partial charge in [-0.05, 0) is 68.5 Å². The van der Waals surface area contributed by atoms with Crippen molar-refractivity contribution in [3.05, 3.63) is 59.2 Å². The Balaban J connectivity index is 1.35. The Bertz CT molecular complexity index is 1360. The molecule has 0 unspecified atom stereocenters. The van der Waals surface area contributed by atoms with E-state index in [0.29, 0.717) is 26.2 Å². The first-order valence-corrected chi connectivity index (χ1v) is 14.7. The smallest absolute Gasteiger partial charge is 0.406 e. The molecular formula is C27H33F3N4O5S. The van der Waals surface area contributed by atoms with Gasteiger partial charge in [-0.3, -0.25) is 9.79 Å². The zero-order chi connectivity index (χ0) is 29.0. The van der Waals surface area contributed by atoms with Crippen molar-refractivity contribution in [2.45, 2.75) is 45.0 Å². The lowest BCUT2D eigenvalue weighted by Crippen LogP contribution is -2.50. The second-order valence-electron chi connectivity index (χ2n) is 9.75. The summed E-state index contributed by atoms with van der Waals surface area (Å²) in [5.41, 5.74) is 1.98. The molecule has 0 atom stereocenters. The average molecular weight is 583 g/mol. The molecule has 2 heterocycles. The average Bonchev–Trinajstić information content (AvgIpc) is 3.21.